The molecule has 0 amide bonds. The summed E-state index contributed by atoms with van der Waals surface area (Å²) in [6.45, 7) is 8.24. The first-order chi connectivity index (χ1) is 18.8. The first kappa shape index (κ1) is 25.2. The molecule has 1 aliphatic heterocycles. The Morgan fingerprint density at radius 3 is 1.62 bits per heavy atom. The van der Waals surface area contributed by atoms with Crippen molar-refractivity contribution in [3.63, 3.8) is 0 Å². The summed E-state index contributed by atoms with van der Waals surface area (Å²) >= 11 is 0. The summed E-state index contributed by atoms with van der Waals surface area (Å²) in [5, 5.41) is 0. The third-order valence-corrected chi connectivity index (χ3v) is 7.59. The van der Waals surface area contributed by atoms with Crippen molar-refractivity contribution in [2.24, 2.45) is 0 Å². The van der Waals surface area contributed by atoms with Crippen molar-refractivity contribution in [2.75, 3.05) is 0 Å². The van der Waals surface area contributed by atoms with Crippen molar-refractivity contribution in [3.05, 3.63) is 109 Å². The van der Waals surface area contributed by atoms with Gasteiger partial charge in [-0.1, -0.05) is 109 Å². The summed E-state index contributed by atoms with van der Waals surface area (Å²) in [6, 6.07) is 36.7. The second kappa shape index (κ2) is 9.88. The van der Waals surface area contributed by atoms with Gasteiger partial charge in [-0.05, 0) is 44.3 Å². The number of aromatic nitrogens is 3. The molecule has 5 nitrogen and oxygen atoms in total. The molecule has 0 atom stereocenters. The zero-order valence-electron chi connectivity index (χ0n) is 22.6. The Bertz CT molecular complexity index is 1610. The highest BCUT2D eigenvalue weighted by atomic mass is 16.7. The maximum absolute atomic E-state index is 6.32. The van der Waals surface area contributed by atoms with E-state index in [4.69, 9.17) is 24.3 Å². The van der Waals surface area contributed by atoms with E-state index >= 15 is 0 Å². The first-order valence-electron chi connectivity index (χ1n) is 13.2. The van der Waals surface area contributed by atoms with Gasteiger partial charge in [0.1, 0.15) is 0 Å². The molecule has 0 bridgehead atoms. The predicted molar refractivity (Wildman–Crippen MR) is 157 cm³/mol. The van der Waals surface area contributed by atoms with Gasteiger partial charge in [0.15, 0.2) is 17.5 Å². The van der Waals surface area contributed by atoms with Gasteiger partial charge in [-0.3, -0.25) is 0 Å². The normalized spacial score (nSPS) is 15.8. The summed E-state index contributed by atoms with van der Waals surface area (Å²) in [5.41, 5.74) is 5.03. The van der Waals surface area contributed by atoms with Crippen molar-refractivity contribution < 1.29 is 9.31 Å². The number of hydrogen-bond donors (Lipinski definition) is 0. The van der Waals surface area contributed by atoms with Crippen LogP contribution in [-0.4, -0.2) is 33.3 Å². The minimum Gasteiger partial charge on any atom is -0.399 e. The predicted octanol–water partition coefficient (Wildman–Crippen LogP) is 6.84. The third-order valence-electron chi connectivity index (χ3n) is 7.59. The van der Waals surface area contributed by atoms with E-state index in [0.717, 1.165) is 33.3 Å². The van der Waals surface area contributed by atoms with Crippen LogP contribution in [0.2, 0.25) is 0 Å². The van der Waals surface area contributed by atoms with E-state index < -0.39 is 18.3 Å². The Labute approximate surface area is 230 Å². The van der Waals surface area contributed by atoms with Crippen molar-refractivity contribution in [1.82, 2.24) is 15.0 Å². The molecule has 0 saturated carbocycles. The molecule has 39 heavy (non-hydrogen) atoms. The van der Waals surface area contributed by atoms with Gasteiger partial charge in [-0.15, -0.1) is 0 Å². The Hall–Kier alpha value is -4.13. The van der Waals surface area contributed by atoms with Gasteiger partial charge in [0, 0.05) is 16.7 Å². The molecule has 1 fully saturated rings. The molecular formula is C33H30BN3O2. The molecule has 6 heteroatoms. The van der Waals surface area contributed by atoms with Crippen LogP contribution < -0.4 is 5.46 Å². The van der Waals surface area contributed by atoms with Crippen molar-refractivity contribution in [1.29, 1.82) is 0 Å². The lowest BCUT2D eigenvalue weighted by molar-refractivity contribution is 0.00578. The van der Waals surface area contributed by atoms with Crippen LogP contribution in [0, 0.1) is 0 Å². The minimum absolute atomic E-state index is 0.421. The molecule has 1 aromatic heterocycles. The second-order valence-electron chi connectivity index (χ2n) is 10.8. The summed E-state index contributed by atoms with van der Waals surface area (Å²) in [7, 11) is -0.469. The molecule has 0 spiro atoms. The van der Waals surface area contributed by atoms with Gasteiger partial charge < -0.3 is 9.31 Å². The molecule has 6 rings (SSSR count). The molecule has 0 N–H and O–H groups in total. The van der Waals surface area contributed by atoms with Gasteiger partial charge in [0.25, 0.3) is 0 Å². The van der Waals surface area contributed by atoms with E-state index in [1.807, 2.05) is 78.9 Å². The number of hydrogen-bond acceptors (Lipinski definition) is 5. The summed E-state index contributed by atoms with van der Waals surface area (Å²) in [6.07, 6.45) is 0. The molecule has 0 aliphatic carbocycles. The summed E-state index contributed by atoms with van der Waals surface area (Å²) in [4.78, 5) is 14.9. The van der Waals surface area contributed by atoms with Gasteiger partial charge in [0.05, 0.1) is 11.2 Å². The first-order valence-corrected chi connectivity index (χ1v) is 13.2. The summed E-state index contributed by atoms with van der Waals surface area (Å²) < 4.78 is 12.6. The van der Waals surface area contributed by atoms with Crippen LogP contribution in [0.5, 0.6) is 0 Å². The van der Waals surface area contributed by atoms with E-state index in [-0.39, 0.29) is 0 Å². The topological polar surface area (TPSA) is 57.1 Å². The lowest BCUT2D eigenvalue weighted by Crippen LogP contribution is -2.41. The van der Waals surface area contributed by atoms with Crippen LogP contribution in [0.15, 0.2) is 109 Å². The third kappa shape index (κ3) is 4.89. The Morgan fingerprint density at radius 2 is 0.974 bits per heavy atom. The zero-order chi connectivity index (χ0) is 27.0. The van der Waals surface area contributed by atoms with Crippen LogP contribution in [0.25, 0.3) is 45.3 Å². The van der Waals surface area contributed by atoms with Crippen molar-refractivity contribution in [3.8, 4) is 45.3 Å². The van der Waals surface area contributed by atoms with Gasteiger partial charge in [-0.2, -0.15) is 0 Å². The fraction of sp³-hybridized carbons (Fsp3) is 0.182. The number of nitrogens with zero attached hydrogens (tertiary/aromatic N) is 3. The highest BCUT2D eigenvalue weighted by molar-refractivity contribution is 6.62. The largest absolute Gasteiger partial charge is 0.494 e. The van der Waals surface area contributed by atoms with Crippen LogP contribution >= 0.6 is 0 Å². The highest BCUT2D eigenvalue weighted by Gasteiger charge is 2.51. The van der Waals surface area contributed by atoms with Gasteiger partial charge in [-0.25, -0.2) is 15.0 Å². The van der Waals surface area contributed by atoms with Crippen LogP contribution in [0.3, 0.4) is 0 Å². The quantitative estimate of drug-likeness (QED) is 0.242. The minimum atomic E-state index is -0.469. The maximum atomic E-state index is 6.32. The molecule has 1 aliphatic rings. The van der Waals surface area contributed by atoms with Gasteiger partial charge >= 0.3 is 7.12 Å². The maximum Gasteiger partial charge on any atom is 0.494 e. The van der Waals surface area contributed by atoms with E-state index in [1.165, 1.54) is 0 Å². The Balaban J connectivity index is 1.48. The molecule has 0 radical (unpaired) electrons. The van der Waals surface area contributed by atoms with Crippen LogP contribution in [-0.2, 0) is 9.31 Å². The van der Waals surface area contributed by atoms with Crippen molar-refractivity contribution >= 4 is 12.6 Å². The molecule has 4 aromatic carbocycles. The van der Waals surface area contributed by atoms with Crippen LogP contribution in [0.4, 0.5) is 0 Å². The fourth-order valence-electron chi connectivity index (χ4n) is 4.69. The SMILES string of the molecule is CC1(C)OB(c2cccc(-c3nc(-c4ccccc4)nc(-c4ccccc4-c4ccccc4)n3)c2)OC1(C)C. The average Bonchev–Trinajstić information content (AvgIpc) is 3.20. The van der Waals surface area contributed by atoms with E-state index in [9.17, 15) is 0 Å². The molecule has 2 heterocycles. The van der Waals surface area contributed by atoms with E-state index in [0.29, 0.717) is 17.5 Å². The standard InChI is InChI=1S/C33H30BN3O2/c1-32(2)33(3,4)39-34(38-32)26-19-13-18-25(22-26)30-35-29(24-16-9-6-10-17-24)36-31(37-30)28-21-12-11-20-27(28)23-14-7-5-8-15-23/h5-22H,1-4H3. The molecule has 0 unspecified atom stereocenters. The molecule has 1 saturated heterocycles. The van der Waals surface area contributed by atoms with Gasteiger partial charge in [0.2, 0.25) is 0 Å². The van der Waals surface area contributed by atoms with Crippen LogP contribution in [0.1, 0.15) is 27.7 Å². The number of benzene rings is 4. The fourth-order valence-corrected chi connectivity index (χ4v) is 4.69. The lowest BCUT2D eigenvalue weighted by atomic mass is 9.78. The average molecular weight is 511 g/mol. The molecule has 5 aromatic rings. The monoisotopic (exact) mass is 511 g/mol. The van der Waals surface area contributed by atoms with E-state index in [1.54, 1.807) is 0 Å². The highest BCUT2D eigenvalue weighted by Crippen LogP contribution is 2.37. The lowest BCUT2D eigenvalue weighted by Gasteiger charge is -2.32. The number of rotatable bonds is 5. The second-order valence-corrected chi connectivity index (χ2v) is 10.8. The van der Waals surface area contributed by atoms with Crippen molar-refractivity contribution in [2.45, 2.75) is 38.9 Å². The smallest absolute Gasteiger partial charge is 0.399 e. The molecular weight excluding hydrogens is 481 g/mol. The summed E-state index contributed by atoms with van der Waals surface area (Å²) in [5.74, 6) is 1.85. The Morgan fingerprint density at radius 1 is 0.487 bits per heavy atom. The van der Waals surface area contributed by atoms with E-state index in [2.05, 4.69) is 58.0 Å². The Kier molecular flexibility index (Phi) is 6.38. The molecule has 192 valence electrons. The zero-order valence-corrected chi connectivity index (χ0v) is 22.6.